The van der Waals surface area contributed by atoms with Crippen molar-refractivity contribution in [3.63, 3.8) is 0 Å². The molecule has 0 spiro atoms. The minimum absolute atomic E-state index is 0.00206. The second kappa shape index (κ2) is 9.49. The molecule has 0 saturated heterocycles. The van der Waals surface area contributed by atoms with Crippen molar-refractivity contribution in [1.82, 2.24) is 24.4 Å². The Balaban J connectivity index is 1.43. The number of halogens is 6. The number of carbonyl (C=O) groups is 1. The molecule has 13 heteroatoms. The predicted octanol–water partition coefficient (Wildman–Crippen LogP) is 6.36. The summed E-state index contributed by atoms with van der Waals surface area (Å²) in [6.45, 7) is 0.00206. The van der Waals surface area contributed by atoms with E-state index in [-0.39, 0.29) is 39.9 Å². The van der Waals surface area contributed by atoms with Crippen molar-refractivity contribution in [2.75, 3.05) is 5.32 Å². The molecule has 0 radical (unpaired) electrons. The van der Waals surface area contributed by atoms with Gasteiger partial charge in [0.05, 0.1) is 24.1 Å². The van der Waals surface area contributed by atoms with E-state index in [4.69, 9.17) is 23.2 Å². The SMILES string of the molecule is O=C(Nc1cnn(Cc2c(F)cccc2Cl)c1)c1cc2nc(-c3ccc(Cl)cc3)cc(C(F)(F)F)n2n1. The van der Waals surface area contributed by atoms with E-state index in [9.17, 15) is 22.4 Å². The molecule has 0 aliphatic heterocycles. The Morgan fingerprint density at radius 3 is 2.51 bits per heavy atom. The van der Waals surface area contributed by atoms with Gasteiger partial charge in [-0.25, -0.2) is 13.9 Å². The van der Waals surface area contributed by atoms with Gasteiger partial charge >= 0.3 is 6.18 Å². The molecular formula is C24H14Cl2F4N6O. The van der Waals surface area contributed by atoms with E-state index in [1.807, 2.05) is 0 Å². The standard InChI is InChI=1S/C24H14Cl2F4N6O/c25-14-6-4-13(5-7-14)19-8-21(24(28,29)30)36-22(33-19)9-20(34-36)23(37)32-15-10-31-35(11-15)12-16-17(26)2-1-3-18(16)27/h1-11H,12H2,(H,32,37). The smallest absolute Gasteiger partial charge is 0.318 e. The monoisotopic (exact) mass is 548 g/mol. The number of anilines is 1. The summed E-state index contributed by atoms with van der Waals surface area (Å²) in [4.78, 5) is 17.0. The van der Waals surface area contributed by atoms with Crippen LogP contribution in [0, 0.1) is 5.82 Å². The molecular weight excluding hydrogens is 535 g/mol. The summed E-state index contributed by atoms with van der Waals surface area (Å²) < 4.78 is 57.4. The van der Waals surface area contributed by atoms with Crippen LogP contribution in [0.25, 0.3) is 16.9 Å². The number of fused-ring (bicyclic) bond motifs is 1. The Kier molecular flexibility index (Phi) is 6.34. The molecule has 0 atom stereocenters. The van der Waals surface area contributed by atoms with Crippen molar-refractivity contribution < 1.29 is 22.4 Å². The summed E-state index contributed by atoms with van der Waals surface area (Å²) in [5.74, 6) is -1.29. The maximum Gasteiger partial charge on any atom is 0.433 e. The maximum absolute atomic E-state index is 14.0. The van der Waals surface area contributed by atoms with Crippen LogP contribution in [0.4, 0.5) is 23.2 Å². The lowest BCUT2D eigenvalue weighted by Crippen LogP contribution is -2.15. The van der Waals surface area contributed by atoms with Crippen molar-refractivity contribution in [2.45, 2.75) is 12.7 Å². The van der Waals surface area contributed by atoms with Crippen LogP contribution in [0.5, 0.6) is 0 Å². The van der Waals surface area contributed by atoms with Crippen molar-refractivity contribution in [3.8, 4) is 11.3 Å². The molecule has 1 N–H and O–H groups in total. The number of hydrogen-bond donors (Lipinski definition) is 1. The number of aromatic nitrogens is 5. The Hall–Kier alpha value is -3.96. The number of alkyl halides is 3. The highest BCUT2D eigenvalue weighted by molar-refractivity contribution is 6.31. The fourth-order valence-corrected chi connectivity index (χ4v) is 3.96. The number of nitrogens with zero attached hydrogens (tertiary/aromatic N) is 5. The van der Waals surface area contributed by atoms with Gasteiger partial charge in [-0.15, -0.1) is 0 Å². The highest BCUT2D eigenvalue weighted by atomic mass is 35.5. The Bertz CT molecular complexity index is 1610. The Morgan fingerprint density at radius 2 is 1.81 bits per heavy atom. The minimum Gasteiger partial charge on any atom is -0.318 e. The topological polar surface area (TPSA) is 77.1 Å². The van der Waals surface area contributed by atoms with Crippen molar-refractivity contribution >= 4 is 40.4 Å². The number of rotatable bonds is 5. The molecule has 7 nitrogen and oxygen atoms in total. The second-order valence-corrected chi connectivity index (χ2v) is 8.76. The molecule has 0 bridgehead atoms. The van der Waals surface area contributed by atoms with Gasteiger partial charge in [-0.05, 0) is 30.3 Å². The van der Waals surface area contributed by atoms with Gasteiger partial charge < -0.3 is 5.32 Å². The number of hydrogen-bond acceptors (Lipinski definition) is 4. The Labute approximate surface area is 216 Å². The number of amides is 1. The number of nitrogens with one attached hydrogen (secondary N) is 1. The van der Waals surface area contributed by atoms with Crippen LogP contribution in [0.3, 0.4) is 0 Å². The largest absolute Gasteiger partial charge is 0.433 e. The molecule has 188 valence electrons. The van der Waals surface area contributed by atoms with Crippen LogP contribution < -0.4 is 5.32 Å². The molecule has 0 saturated carbocycles. The van der Waals surface area contributed by atoms with E-state index >= 15 is 0 Å². The molecule has 3 heterocycles. The zero-order chi connectivity index (χ0) is 26.3. The predicted molar refractivity (Wildman–Crippen MR) is 129 cm³/mol. The maximum atomic E-state index is 14.0. The molecule has 0 fully saturated rings. The van der Waals surface area contributed by atoms with Gasteiger partial charge in [0.25, 0.3) is 5.91 Å². The molecule has 0 aliphatic carbocycles. The third-order valence-corrected chi connectivity index (χ3v) is 5.97. The molecule has 3 aromatic heterocycles. The van der Waals surface area contributed by atoms with E-state index in [1.54, 1.807) is 0 Å². The molecule has 5 rings (SSSR count). The van der Waals surface area contributed by atoms with Gasteiger partial charge in [0.2, 0.25) is 0 Å². The first kappa shape index (κ1) is 24.7. The van der Waals surface area contributed by atoms with Crippen LogP contribution in [-0.4, -0.2) is 30.3 Å². The fraction of sp³-hybridized carbons (Fsp3) is 0.0833. The fourth-order valence-electron chi connectivity index (χ4n) is 3.61. The van der Waals surface area contributed by atoms with Crippen LogP contribution in [0.2, 0.25) is 10.0 Å². The van der Waals surface area contributed by atoms with Crippen molar-refractivity contribution in [1.29, 1.82) is 0 Å². The quantitative estimate of drug-likeness (QED) is 0.259. The summed E-state index contributed by atoms with van der Waals surface area (Å²) in [5, 5.41) is 11.0. The van der Waals surface area contributed by atoms with Gasteiger partial charge in [0.1, 0.15) is 5.82 Å². The minimum atomic E-state index is -4.77. The first-order chi connectivity index (χ1) is 17.6. The zero-order valence-electron chi connectivity index (χ0n) is 18.5. The summed E-state index contributed by atoms with van der Waals surface area (Å²) in [5.41, 5.74) is -0.682. The summed E-state index contributed by atoms with van der Waals surface area (Å²) in [6.07, 6.45) is -2.04. The van der Waals surface area contributed by atoms with E-state index < -0.39 is 23.6 Å². The number of benzene rings is 2. The average Bonchev–Trinajstić information content (AvgIpc) is 3.47. The third-order valence-electron chi connectivity index (χ3n) is 5.36. The van der Waals surface area contributed by atoms with Gasteiger partial charge in [-0.3, -0.25) is 9.48 Å². The number of carbonyl (C=O) groups excluding carboxylic acids is 1. The zero-order valence-corrected chi connectivity index (χ0v) is 20.0. The van der Waals surface area contributed by atoms with Crippen molar-refractivity contribution in [3.05, 3.63) is 99.8 Å². The summed E-state index contributed by atoms with van der Waals surface area (Å²) in [7, 11) is 0. The lowest BCUT2D eigenvalue weighted by molar-refractivity contribution is -0.142. The molecule has 5 aromatic rings. The van der Waals surface area contributed by atoms with Crippen molar-refractivity contribution in [2.24, 2.45) is 0 Å². The van der Waals surface area contributed by atoms with E-state index in [0.717, 1.165) is 12.1 Å². The molecule has 1 amide bonds. The highest BCUT2D eigenvalue weighted by Gasteiger charge is 2.35. The lowest BCUT2D eigenvalue weighted by atomic mass is 10.1. The lowest BCUT2D eigenvalue weighted by Gasteiger charge is -2.11. The normalized spacial score (nSPS) is 11.7. The van der Waals surface area contributed by atoms with Crippen LogP contribution in [-0.2, 0) is 12.7 Å². The van der Waals surface area contributed by atoms with Crippen LogP contribution >= 0.6 is 23.2 Å². The van der Waals surface area contributed by atoms with E-state index in [0.29, 0.717) is 15.1 Å². The van der Waals surface area contributed by atoms with Gasteiger partial charge in [-0.1, -0.05) is 41.4 Å². The van der Waals surface area contributed by atoms with E-state index in [2.05, 4.69) is 20.5 Å². The molecule has 0 unspecified atom stereocenters. The average molecular weight is 549 g/mol. The van der Waals surface area contributed by atoms with Gasteiger partial charge in [0, 0.05) is 33.4 Å². The van der Waals surface area contributed by atoms with Gasteiger partial charge in [0.15, 0.2) is 17.0 Å². The first-order valence-electron chi connectivity index (χ1n) is 10.6. The highest BCUT2D eigenvalue weighted by Crippen LogP contribution is 2.32. The van der Waals surface area contributed by atoms with Crippen LogP contribution in [0.15, 0.2) is 67.0 Å². The summed E-state index contributed by atoms with van der Waals surface area (Å²) >= 11 is 11.9. The molecule has 2 aromatic carbocycles. The Morgan fingerprint density at radius 1 is 1.05 bits per heavy atom. The van der Waals surface area contributed by atoms with E-state index in [1.165, 1.54) is 59.5 Å². The van der Waals surface area contributed by atoms with Gasteiger partial charge in [-0.2, -0.15) is 23.4 Å². The molecule has 37 heavy (non-hydrogen) atoms. The third kappa shape index (κ3) is 5.13. The first-order valence-corrected chi connectivity index (χ1v) is 11.3. The molecule has 0 aliphatic rings. The second-order valence-electron chi connectivity index (χ2n) is 7.91. The summed E-state index contributed by atoms with van der Waals surface area (Å²) in [6, 6.07) is 12.4. The van der Waals surface area contributed by atoms with Crippen LogP contribution in [0.1, 0.15) is 21.7 Å².